The van der Waals surface area contributed by atoms with E-state index < -0.39 is 0 Å². The molecule has 0 amide bonds. The SMILES string of the molecule is CCCOc1ccc(C(C)C)c(C(C)C)c1. The van der Waals surface area contributed by atoms with E-state index in [1.165, 1.54) is 11.1 Å². The molecule has 1 rings (SSSR count). The van der Waals surface area contributed by atoms with Crippen molar-refractivity contribution in [1.82, 2.24) is 0 Å². The molecule has 0 saturated carbocycles. The van der Waals surface area contributed by atoms with Gasteiger partial charge in [-0.05, 0) is 41.5 Å². The van der Waals surface area contributed by atoms with Crippen molar-refractivity contribution in [3.63, 3.8) is 0 Å². The Balaban J connectivity index is 2.98. The molecule has 16 heavy (non-hydrogen) atoms. The van der Waals surface area contributed by atoms with Crippen LogP contribution < -0.4 is 4.74 Å². The number of ether oxygens (including phenoxy) is 1. The second-order valence-electron chi connectivity index (χ2n) is 4.95. The van der Waals surface area contributed by atoms with Gasteiger partial charge in [0.05, 0.1) is 6.61 Å². The van der Waals surface area contributed by atoms with Crippen LogP contribution in [0, 0.1) is 0 Å². The van der Waals surface area contributed by atoms with Gasteiger partial charge in [-0.15, -0.1) is 0 Å². The summed E-state index contributed by atoms with van der Waals surface area (Å²) in [6.07, 6.45) is 1.06. The zero-order valence-electron chi connectivity index (χ0n) is 11.2. The standard InChI is InChI=1S/C15H24O/c1-6-9-16-13-7-8-14(11(2)3)15(10-13)12(4)5/h7-8,10-12H,6,9H2,1-5H3. The van der Waals surface area contributed by atoms with Crippen LogP contribution in [0.1, 0.15) is 64.0 Å². The molecule has 0 unspecified atom stereocenters. The maximum absolute atomic E-state index is 5.68. The molecule has 90 valence electrons. The predicted octanol–water partition coefficient (Wildman–Crippen LogP) is 4.72. The molecule has 0 aliphatic rings. The number of hydrogen-bond acceptors (Lipinski definition) is 1. The van der Waals surface area contributed by atoms with Gasteiger partial charge in [0.25, 0.3) is 0 Å². The predicted molar refractivity (Wildman–Crippen MR) is 70.4 cm³/mol. The van der Waals surface area contributed by atoms with Crippen molar-refractivity contribution in [3.05, 3.63) is 29.3 Å². The lowest BCUT2D eigenvalue weighted by Crippen LogP contribution is -2.01. The number of benzene rings is 1. The maximum atomic E-state index is 5.68. The van der Waals surface area contributed by atoms with E-state index in [-0.39, 0.29) is 0 Å². The molecule has 0 fully saturated rings. The van der Waals surface area contributed by atoms with Crippen molar-refractivity contribution < 1.29 is 4.74 Å². The van der Waals surface area contributed by atoms with Gasteiger partial charge in [-0.25, -0.2) is 0 Å². The van der Waals surface area contributed by atoms with Crippen molar-refractivity contribution in [2.45, 2.75) is 52.9 Å². The Kier molecular flexibility index (Phi) is 4.85. The average molecular weight is 220 g/mol. The summed E-state index contributed by atoms with van der Waals surface area (Å²) in [4.78, 5) is 0. The summed E-state index contributed by atoms with van der Waals surface area (Å²) in [6, 6.07) is 6.51. The maximum Gasteiger partial charge on any atom is 0.119 e. The van der Waals surface area contributed by atoms with Crippen LogP contribution in [-0.4, -0.2) is 6.61 Å². The number of hydrogen-bond donors (Lipinski definition) is 0. The highest BCUT2D eigenvalue weighted by molar-refractivity contribution is 5.39. The summed E-state index contributed by atoms with van der Waals surface area (Å²) in [5, 5.41) is 0. The minimum Gasteiger partial charge on any atom is -0.494 e. The third-order valence-electron chi connectivity index (χ3n) is 2.78. The summed E-state index contributed by atoms with van der Waals surface area (Å²) in [7, 11) is 0. The lowest BCUT2D eigenvalue weighted by atomic mass is 9.90. The molecule has 0 bridgehead atoms. The van der Waals surface area contributed by atoms with Crippen LogP contribution in [0.2, 0.25) is 0 Å². The van der Waals surface area contributed by atoms with Crippen LogP contribution in [-0.2, 0) is 0 Å². The Hall–Kier alpha value is -0.980. The molecule has 0 atom stereocenters. The van der Waals surface area contributed by atoms with Gasteiger partial charge in [-0.1, -0.05) is 40.7 Å². The molecule has 0 heterocycles. The summed E-state index contributed by atoms with van der Waals surface area (Å²) in [6.45, 7) is 11.9. The van der Waals surface area contributed by atoms with Gasteiger partial charge < -0.3 is 4.74 Å². The van der Waals surface area contributed by atoms with Crippen LogP contribution in [0.3, 0.4) is 0 Å². The first-order valence-corrected chi connectivity index (χ1v) is 6.32. The second kappa shape index (κ2) is 5.93. The Morgan fingerprint density at radius 3 is 2.12 bits per heavy atom. The highest BCUT2D eigenvalue weighted by Crippen LogP contribution is 2.29. The lowest BCUT2D eigenvalue weighted by molar-refractivity contribution is 0.317. The topological polar surface area (TPSA) is 9.23 Å². The van der Waals surface area contributed by atoms with Crippen LogP contribution in [0.5, 0.6) is 5.75 Å². The van der Waals surface area contributed by atoms with Gasteiger partial charge in [-0.3, -0.25) is 0 Å². The van der Waals surface area contributed by atoms with Gasteiger partial charge in [0.2, 0.25) is 0 Å². The minimum absolute atomic E-state index is 0.558. The third-order valence-corrected chi connectivity index (χ3v) is 2.78. The largest absolute Gasteiger partial charge is 0.494 e. The van der Waals surface area contributed by atoms with Crippen LogP contribution in [0.4, 0.5) is 0 Å². The molecule has 0 N–H and O–H groups in total. The van der Waals surface area contributed by atoms with E-state index in [1.54, 1.807) is 0 Å². The first-order valence-electron chi connectivity index (χ1n) is 6.32. The fourth-order valence-electron chi connectivity index (χ4n) is 1.89. The van der Waals surface area contributed by atoms with Gasteiger partial charge >= 0.3 is 0 Å². The lowest BCUT2D eigenvalue weighted by Gasteiger charge is -2.17. The summed E-state index contributed by atoms with van der Waals surface area (Å²) < 4.78 is 5.68. The van der Waals surface area contributed by atoms with Crippen LogP contribution in [0.15, 0.2) is 18.2 Å². The molecular formula is C15H24O. The average Bonchev–Trinajstić information content (AvgIpc) is 2.25. The molecular weight excluding hydrogens is 196 g/mol. The molecule has 0 spiro atoms. The smallest absolute Gasteiger partial charge is 0.119 e. The van der Waals surface area contributed by atoms with E-state index in [0.29, 0.717) is 11.8 Å². The Labute approximate surface area is 99.8 Å². The Morgan fingerprint density at radius 2 is 1.62 bits per heavy atom. The van der Waals surface area contributed by atoms with Crippen molar-refractivity contribution in [2.24, 2.45) is 0 Å². The highest BCUT2D eigenvalue weighted by Gasteiger charge is 2.10. The molecule has 1 nitrogen and oxygen atoms in total. The van der Waals surface area contributed by atoms with Crippen LogP contribution >= 0.6 is 0 Å². The zero-order valence-corrected chi connectivity index (χ0v) is 11.2. The van der Waals surface area contributed by atoms with Gasteiger partial charge in [0, 0.05) is 0 Å². The van der Waals surface area contributed by atoms with Gasteiger partial charge in [0.15, 0.2) is 0 Å². The van der Waals surface area contributed by atoms with E-state index in [0.717, 1.165) is 18.8 Å². The third kappa shape index (κ3) is 3.26. The summed E-state index contributed by atoms with van der Waals surface area (Å²) >= 11 is 0. The van der Waals surface area contributed by atoms with E-state index in [9.17, 15) is 0 Å². The van der Waals surface area contributed by atoms with E-state index in [1.807, 2.05) is 0 Å². The number of rotatable bonds is 5. The van der Waals surface area contributed by atoms with Crippen molar-refractivity contribution >= 4 is 0 Å². The van der Waals surface area contributed by atoms with E-state index >= 15 is 0 Å². The van der Waals surface area contributed by atoms with Crippen molar-refractivity contribution in [1.29, 1.82) is 0 Å². The molecule has 1 aromatic carbocycles. The van der Waals surface area contributed by atoms with Gasteiger partial charge in [0.1, 0.15) is 5.75 Å². The van der Waals surface area contributed by atoms with E-state index in [2.05, 4.69) is 52.8 Å². The minimum atomic E-state index is 0.558. The molecule has 0 radical (unpaired) electrons. The summed E-state index contributed by atoms with van der Waals surface area (Å²) in [5.74, 6) is 2.15. The van der Waals surface area contributed by atoms with Gasteiger partial charge in [-0.2, -0.15) is 0 Å². The van der Waals surface area contributed by atoms with Crippen molar-refractivity contribution in [2.75, 3.05) is 6.61 Å². The second-order valence-corrected chi connectivity index (χ2v) is 4.95. The fraction of sp³-hybridized carbons (Fsp3) is 0.600. The van der Waals surface area contributed by atoms with Crippen molar-refractivity contribution in [3.8, 4) is 5.75 Å². The monoisotopic (exact) mass is 220 g/mol. The van der Waals surface area contributed by atoms with E-state index in [4.69, 9.17) is 4.74 Å². The first kappa shape index (κ1) is 13.1. The highest BCUT2D eigenvalue weighted by atomic mass is 16.5. The quantitative estimate of drug-likeness (QED) is 0.697. The Bertz CT molecular complexity index is 326. The molecule has 0 aromatic heterocycles. The normalized spacial score (nSPS) is 11.2. The van der Waals surface area contributed by atoms with Crippen LogP contribution in [0.25, 0.3) is 0 Å². The zero-order chi connectivity index (χ0) is 12.1. The fourth-order valence-corrected chi connectivity index (χ4v) is 1.89. The summed E-state index contributed by atoms with van der Waals surface area (Å²) in [5.41, 5.74) is 2.86. The Morgan fingerprint density at radius 1 is 1.00 bits per heavy atom. The molecule has 0 aliphatic heterocycles. The molecule has 0 aliphatic carbocycles. The molecule has 1 aromatic rings. The first-order chi connectivity index (χ1) is 7.56. The molecule has 0 saturated heterocycles. The molecule has 1 heteroatoms.